The molecule has 0 aliphatic carbocycles. The topological polar surface area (TPSA) is 32.3 Å². The van der Waals surface area contributed by atoms with Crippen molar-refractivity contribution < 1.29 is 5.11 Å². The first-order valence-corrected chi connectivity index (χ1v) is 7.17. The van der Waals surface area contributed by atoms with Crippen LogP contribution in [-0.2, 0) is 6.42 Å². The lowest BCUT2D eigenvalue weighted by atomic mass is 10.1. The molecule has 0 amide bonds. The van der Waals surface area contributed by atoms with Crippen LogP contribution in [0.25, 0.3) is 0 Å². The minimum absolute atomic E-state index is 0.293. The van der Waals surface area contributed by atoms with E-state index in [0.29, 0.717) is 19.0 Å². The number of nitrogens with one attached hydrogen (secondary N) is 1. The number of hydrogen-bond donors (Lipinski definition) is 2. The summed E-state index contributed by atoms with van der Waals surface area (Å²) < 4.78 is 0. The van der Waals surface area contributed by atoms with Crippen molar-refractivity contribution in [2.75, 3.05) is 6.54 Å². The number of hydrogen-bond acceptors (Lipinski definition) is 3. The van der Waals surface area contributed by atoms with E-state index in [9.17, 15) is 5.11 Å². The number of benzene rings is 1. The van der Waals surface area contributed by atoms with E-state index in [1.165, 1.54) is 11.1 Å². The highest BCUT2D eigenvalue weighted by molar-refractivity contribution is 7.07. The van der Waals surface area contributed by atoms with Crippen LogP contribution in [0.3, 0.4) is 0 Å². The smallest absolute Gasteiger partial charge is 0.0705 e. The first kappa shape index (κ1) is 13.3. The minimum Gasteiger partial charge on any atom is -0.391 e. The maximum Gasteiger partial charge on any atom is 0.0705 e. The monoisotopic (exact) mass is 261 g/mol. The van der Waals surface area contributed by atoms with Crippen LogP contribution >= 0.6 is 11.3 Å². The zero-order valence-electron chi connectivity index (χ0n) is 10.5. The van der Waals surface area contributed by atoms with Crippen molar-refractivity contribution in [3.63, 3.8) is 0 Å². The highest BCUT2D eigenvalue weighted by Gasteiger charge is 2.09. The van der Waals surface area contributed by atoms with Gasteiger partial charge in [0.15, 0.2) is 0 Å². The number of aliphatic hydroxyl groups is 1. The highest BCUT2D eigenvalue weighted by Crippen LogP contribution is 2.15. The third-order valence-corrected chi connectivity index (χ3v) is 3.72. The average molecular weight is 261 g/mol. The SMILES string of the molecule is CC(NCC(O)Cc1ccccc1)c1ccsc1. The summed E-state index contributed by atoms with van der Waals surface area (Å²) in [6.07, 6.45) is 0.359. The second-order valence-electron chi connectivity index (χ2n) is 4.53. The summed E-state index contributed by atoms with van der Waals surface area (Å²) in [6.45, 7) is 2.74. The maximum absolute atomic E-state index is 9.99. The van der Waals surface area contributed by atoms with Gasteiger partial charge in [0.1, 0.15) is 0 Å². The van der Waals surface area contributed by atoms with Gasteiger partial charge in [0.05, 0.1) is 6.10 Å². The number of aliphatic hydroxyl groups excluding tert-OH is 1. The Bertz CT molecular complexity index is 441. The first-order valence-electron chi connectivity index (χ1n) is 6.23. The van der Waals surface area contributed by atoms with Crippen LogP contribution in [-0.4, -0.2) is 17.8 Å². The van der Waals surface area contributed by atoms with Crippen molar-refractivity contribution in [3.05, 3.63) is 58.3 Å². The molecular formula is C15H19NOS. The van der Waals surface area contributed by atoms with E-state index >= 15 is 0 Å². The van der Waals surface area contributed by atoms with Gasteiger partial charge < -0.3 is 10.4 Å². The highest BCUT2D eigenvalue weighted by atomic mass is 32.1. The normalized spacial score (nSPS) is 14.3. The van der Waals surface area contributed by atoms with Gasteiger partial charge in [-0.2, -0.15) is 11.3 Å². The van der Waals surface area contributed by atoms with Crippen molar-refractivity contribution in [3.8, 4) is 0 Å². The van der Waals surface area contributed by atoms with Crippen molar-refractivity contribution in [2.45, 2.75) is 25.5 Å². The fourth-order valence-corrected chi connectivity index (χ4v) is 2.66. The molecule has 0 radical (unpaired) electrons. The van der Waals surface area contributed by atoms with Crippen LogP contribution in [0.5, 0.6) is 0 Å². The molecule has 0 aliphatic heterocycles. The lowest BCUT2D eigenvalue weighted by molar-refractivity contribution is 0.168. The quantitative estimate of drug-likeness (QED) is 0.838. The van der Waals surface area contributed by atoms with E-state index in [0.717, 1.165) is 0 Å². The fraction of sp³-hybridized carbons (Fsp3) is 0.333. The van der Waals surface area contributed by atoms with Crippen LogP contribution in [0.2, 0.25) is 0 Å². The summed E-state index contributed by atoms with van der Waals surface area (Å²) in [5.74, 6) is 0. The molecule has 1 aromatic carbocycles. The molecule has 0 bridgehead atoms. The van der Waals surface area contributed by atoms with Crippen LogP contribution in [0.1, 0.15) is 24.1 Å². The van der Waals surface area contributed by atoms with E-state index < -0.39 is 0 Å². The molecule has 0 saturated heterocycles. The van der Waals surface area contributed by atoms with Crippen LogP contribution in [0.4, 0.5) is 0 Å². The Morgan fingerprint density at radius 3 is 2.67 bits per heavy atom. The Balaban J connectivity index is 1.77. The summed E-state index contributed by atoms with van der Waals surface area (Å²) in [7, 11) is 0. The second-order valence-corrected chi connectivity index (χ2v) is 5.31. The molecule has 2 atom stereocenters. The van der Waals surface area contributed by atoms with Gasteiger partial charge in [0.25, 0.3) is 0 Å². The molecule has 2 N–H and O–H groups in total. The molecular weight excluding hydrogens is 242 g/mol. The van der Waals surface area contributed by atoms with E-state index in [1.807, 2.05) is 30.3 Å². The standard InChI is InChI=1S/C15H19NOS/c1-12(14-7-8-18-11-14)16-10-15(17)9-13-5-3-2-4-6-13/h2-8,11-12,15-17H,9-10H2,1H3. The van der Waals surface area contributed by atoms with E-state index in [4.69, 9.17) is 0 Å². The van der Waals surface area contributed by atoms with E-state index in [2.05, 4.69) is 29.1 Å². The molecule has 0 aliphatic rings. The zero-order valence-corrected chi connectivity index (χ0v) is 11.4. The van der Waals surface area contributed by atoms with E-state index in [1.54, 1.807) is 11.3 Å². The Morgan fingerprint density at radius 2 is 2.00 bits per heavy atom. The van der Waals surface area contributed by atoms with Crippen LogP contribution in [0.15, 0.2) is 47.2 Å². The van der Waals surface area contributed by atoms with Crippen molar-refractivity contribution in [2.24, 2.45) is 0 Å². The predicted octanol–water partition coefficient (Wildman–Crippen LogP) is 3.00. The third kappa shape index (κ3) is 3.95. The lowest BCUT2D eigenvalue weighted by Crippen LogP contribution is -2.30. The van der Waals surface area contributed by atoms with Gasteiger partial charge in [-0.25, -0.2) is 0 Å². The number of rotatable bonds is 6. The van der Waals surface area contributed by atoms with E-state index in [-0.39, 0.29) is 6.10 Å². The third-order valence-electron chi connectivity index (χ3n) is 3.02. The molecule has 3 heteroatoms. The van der Waals surface area contributed by atoms with Gasteiger partial charge in [-0.3, -0.25) is 0 Å². The maximum atomic E-state index is 9.99. The summed E-state index contributed by atoms with van der Waals surface area (Å²) >= 11 is 1.70. The summed E-state index contributed by atoms with van der Waals surface area (Å²) in [6, 6.07) is 12.5. The lowest BCUT2D eigenvalue weighted by Gasteiger charge is -2.16. The van der Waals surface area contributed by atoms with Crippen LogP contribution in [0, 0.1) is 0 Å². The summed E-state index contributed by atoms with van der Waals surface area (Å²) in [5.41, 5.74) is 2.46. The average Bonchev–Trinajstić information content (AvgIpc) is 2.91. The zero-order chi connectivity index (χ0) is 12.8. The minimum atomic E-state index is -0.339. The molecule has 96 valence electrons. The van der Waals surface area contributed by atoms with Gasteiger partial charge in [-0.1, -0.05) is 30.3 Å². The van der Waals surface area contributed by atoms with Gasteiger partial charge >= 0.3 is 0 Å². The fourth-order valence-electron chi connectivity index (χ4n) is 1.91. The molecule has 0 saturated carbocycles. The predicted molar refractivity (Wildman–Crippen MR) is 76.9 cm³/mol. The molecule has 1 heterocycles. The summed E-state index contributed by atoms with van der Waals surface area (Å²) in [4.78, 5) is 0. The van der Waals surface area contributed by atoms with Gasteiger partial charge in [-0.15, -0.1) is 0 Å². The molecule has 0 fully saturated rings. The molecule has 2 nitrogen and oxygen atoms in total. The number of thiophene rings is 1. The Labute approximate surface area is 112 Å². The first-order chi connectivity index (χ1) is 8.75. The van der Waals surface area contributed by atoms with Gasteiger partial charge in [0, 0.05) is 12.6 Å². The van der Waals surface area contributed by atoms with Gasteiger partial charge in [0.2, 0.25) is 0 Å². The van der Waals surface area contributed by atoms with Gasteiger partial charge in [-0.05, 0) is 41.3 Å². The summed E-state index contributed by atoms with van der Waals surface area (Å²) in [5, 5.41) is 17.6. The largest absolute Gasteiger partial charge is 0.391 e. The molecule has 2 rings (SSSR count). The second kappa shape index (κ2) is 6.69. The van der Waals surface area contributed by atoms with Crippen molar-refractivity contribution in [1.29, 1.82) is 0 Å². The Hall–Kier alpha value is -1.16. The molecule has 2 unspecified atom stereocenters. The Morgan fingerprint density at radius 1 is 1.22 bits per heavy atom. The van der Waals surface area contributed by atoms with Crippen molar-refractivity contribution >= 4 is 11.3 Å². The Kier molecular flexibility index (Phi) is 4.93. The van der Waals surface area contributed by atoms with Crippen LogP contribution < -0.4 is 5.32 Å². The molecule has 1 aromatic heterocycles. The van der Waals surface area contributed by atoms with Crippen molar-refractivity contribution in [1.82, 2.24) is 5.32 Å². The molecule has 0 spiro atoms. The molecule has 18 heavy (non-hydrogen) atoms. The molecule has 2 aromatic rings.